The van der Waals surface area contributed by atoms with Crippen LogP contribution in [0.25, 0.3) is 11.3 Å². The van der Waals surface area contributed by atoms with E-state index in [4.69, 9.17) is 5.10 Å². The minimum absolute atomic E-state index is 0.00305. The van der Waals surface area contributed by atoms with E-state index in [-0.39, 0.29) is 12.1 Å². The quantitative estimate of drug-likeness (QED) is 0.426. The van der Waals surface area contributed by atoms with E-state index >= 15 is 0 Å². The molecule has 1 aromatic heterocycles. The van der Waals surface area contributed by atoms with Crippen molar-refractivity contribution >= 4 is 27.6 Å². The molecule has 3 aliphatic heterocycles. The van der Waals surface area contributed by atoms with Crippen LogP contribution in [0.2, 0.25) is 0 Å². The van der Waals surface area contributed by atoms with Gasteiger partial charge in [-0.05, 0) is 36.6 Å². The summed E-state index contributed by atoms with van der Waals surface area (Å²) in [6.07, 6.45) is 2.19. The van der Waals surface area contributed by atoms with Crippen molar-refractivity contribution in [3.63, 3.8) is 0 Å². The van der Waals surface area contributed by atoms with Gasteiger partial charge in [0.2, 0.25) is 0 Å². The predicted octanol–water partition coefficient (Wildman–Crippen LogP) is 3.51. The van der Waals surface area contributed by atoms with Crippen molar-refractivity contribution in [2.45, 2.75) is 51.0 Å². The molecule has 1 fully saturated rings. The molecule has 8 nitrogen and oxygen atoms in total. The van der Waals surface area contributed by atoms with E-state index in [1.807, 2.05) is 39.9 Å². The molecule has 9 heteroatoms. The molecule has 0 bridgehead atoms. The summed E-state index contributed by atoms with van der Waals surface area (Å²) in [6, 6.07) is 16.6. The van der Waals surface area contributed by atoms with Crippen LogP contribution in [0.3, 0.4) is 0 Å². The number of para-hydroxylation sites is 1. The molecule has 6 rings (SSSR count). The average Bonchev–Trinajstić information content (AvgIpc) is 3.28. The van der Waals surface area contributed by atoms with E-state index in [9.17, 15) is 9.90 Å². The highest BCUT2D eigenvalue weighted by Gasteiger charge is 2.33. The first-order chi connectivity index (χ1) is 18.1. The fourth-order valence-electron chi connectivity index (χ4n) is 5.95. The molecule has 3 aliphatic rings. The van der Waals surface area contributed by atoms with E-state index in [1.165, 1.54) is 16.8 Å². The molecule has 1 atom stereocenters. The van der Waals surface area contributed by atoms with Crippen molar-refractivity contribution in [3.8, 4) is 11.3 Å². The largest absolute Gasteiger partial charge is 0.390 e. The lowest BCUT2D eigenvalue weighted by Gasteiger charge is -2.41. The summed E-state index contributed by atoms with van der Waals surface area (Å²) >= 11 is 3.52. The zero-order chi connectivity index (χ0) is 25.4. The third kappa shape index (κ3) is 5.05. The second kappa shape index (κ2) is 10.6. The van der Waals surface area contributed by atoms with E-state index in [1.54, 1.807) is 0 Å². The summed E-state index contributed by atoms with van der Waals surface area (Å²) in [5.41, 5.74) is 6.76. The number of piperidine rings is 1. The first-order valence-electron chi connectivity index (χ1n) is 13.2. The number of anilines is 1. The molecular formula is C28H33BrN6O2. The van der Waals surface area contributed by atoms with Crippen LogP contribution in [0.5, 0.6) is 0 Å². The normalized spacial score (nSPS) is 19.3. The number of hydrogen-bond acceptors (Lipinski definition) is 5. The lowest BCUT2D eigenvalue weighted by Crippen LogP contribution is -2.54. The van der Waals surface area contributed by atoms with E-state index in [0.29, 0.717) is 19.6 Å². The molecule has 3 N–H and O–H groups in total. The van der Waals surface area contributed by atoms with Gasteiger partial charge in [-0.2, -0.15) is 5.10 Å². The summed E-state index contributed by atoms with van der Waals surface area (Å²) in [5.74, 6) is 0. The molecule has 0 aliphatic carbocycles. The van der Waals surface area contributed by atoms with Crippen molar-refractivity contribution < 1.29 is 9.90 Å². The molecule has 37 heavy (non-hydrogen) atoms. The van der Waals surface area contributed by atoms with Gasteiger partial charge in [0.05, 0.1) is 24.0 Å². The lowest BCUT2D eigenvalue weighted by atomic mass is 9.99. The van der Waals surface area contributed by atoms with Gasteiger partial charge in [-0.1, -0.05) is 46.3 Å². The van der Waals surface area contributed by atoms with Gasteiger partial charge in [0.1, 0.15) is 0 Å². The van der Waals surface area contributed by atoms with Gasteiger partial charge < -0.3 is 20.6 Å². The summed E-state index contributed by atoms with van der Waals surface area (Å²) in [4.78, 5) is 17.0. The number of nitrogens with zero attached hydrogens (tertiary/aromatic N) is 4. The Balaban J connectivity index is 1.10. The number of likely N-dealkylation sites (tertiary alicyclic amines) is 1. The van der Waals surface area contributed by atoms with Crippen LogP contribution >= 0.6 is 15.9 Å². The molecule has 0 radical (unpaired) electrons. The smallest absolute Gasteiger partial charge is 0.322 e. The van der Waals surface area contributed by atoms with Gasteiger partial charge in [-0.3, -0.25) is 9.58 Å². The topological polar surface area (TPSA) is 85.7 Å². The maximum Gasteiger partial charge on any atom is 0.322 e. The Bertz CT molecular complexity index is 1270. The number of nitrogens with one attached hydrogen (secondary N) is 2. The van der Waals surface area contributed by atoms with Crippen LogP contribution in [-0.4, -0.2) is 64.1 Å². The first-order valence-corrected chi connectivity index (χ1v) is 14.0. The van der Waals surface area contributed by atoms with Gasteiger partial charge in [0.15, 0.2) is 0 Å². The number of halogens is 1. The predicted molar refractivity (Wildman–Crippen MR) is 147 cm³/mol. The van der Waals surface area contributed by atoms with Crippen molar-refractivity contribution in [1.82, 2.24) is 25.3 Å². The highest BCUT2D eigenvalue weighted by atomic mass is 79.9. The molecule has 2 amide bonds. The molecule has 2 aromatic carbocycles. The molecule has 1 unspecified atom stereocenters. The number of hydrogen-bond donors (Lipinski definition) is 3. The van der Waals surface area contributed by atoms with Gasteiger partial charge in [-0.25, -0.2) is 4.79 Å². The van der Waals surface area contributed by atoms with Gasteiger partial charge in [-0.15, -0.1) is 0 Å². The Hall–Kier alpha value is -2.72. The molecule has 194 valence electrons. The van der Waals surface area contributed by atoms with E-state index in [0.717, 1.165) is 66.9 Å². The number of fused-ring (bicyclic) bond motifs is 2. The number of urea groups is 1. The summed E-state index contributed by atoms with van der Waals surface area (Å²) in [5, 5.41) is 22.5. The van der Waals surface area contributed by atoms with Crippen molar-refractivity contribution in [2.75, 3.05) is 31.1 Å². The number of aromatic nitrogens is 2. The molecule has 0 saturated carbocycles. The zero-order valence-corrected chi connectivity index (χ0v) is 22.5. The number of carbonyl (C=O) groups is 1. The number of carbonyl (C=O) groups excluding carboxylic acids is 1. The fourth-order valence-corrected chi connectivity index (χ4v) is 6.21. The maximum absolute atomic E-state index is 12.7. The van der Waals surface area contributed by atoms with E-state index in [2.05, 4.69) is 49.7 Å². The monoisotopic (exact) mass is 564 g/mol. The Morgan fingerprint density at radius 2 is 1.84 bits per heavy atom. The van der Waals surface area contributed by atoms with Crippen LogP contribution in [0.4, 0.5) is 10.5 Å². The molecule has 0 spiro atoms. The fraction of sp³-hybridized carbons (Fsp3) is 0.429. The minimum Gasteiger partial charge on any atom is -0.390 e. The third-order valence-corrected chi connectivity index (χ3v) is 8.33. The number of rotatable bonds is 6. The molecule has 4 heterocycles. The number of amides is 2. The van der Waals surface area contributed by atoms with Crippen LogP contribution in [0.1, 0.15) is 29.7 Å². The van der Waals surface area contributed by atoms with Crippen LogP contribution < -0.4 is 15.5 Å². The van der Waals surface area contributed by atoms with Gasteiger partial charge in [0.25, 0.3) is 0 Å². The highest BCUT2D eigenvalue weighted by Crippen LogP contribution is 2.31. The number of benzene rings is 2. The number of aliphatic hydroxyl groups excluding tert-OH is 1. The lowest BCUT2D eigenvalue weighted by molar-refractivity contribution is 0.0815. The van der Waals surface area contributed by atoms with Crippen LogP contribution in [0.15, 0.2) is 53.0 Å². The second-order valence-corrected chi connectivity index (χ2v) is 11.1. The van der Waals surface area contributed by atoms with Gasteiger partial charge >= 0.3 is 6.03 Å². The second-order valence-electron chi connectivity index (χ2n) is 10.2. The molecule has 1 saturated heterocycles. The van der Waals surface area contributed by atoms with Crippen molar-refractivity contribution in [2.24, 2.45) is 0 Å². The summed E-state index contributed by atoms with van der Waals surface area (Å²) < 4.78 is 3.08. The Labute approximate surface area is 225 Å². The SMILES string of the molecule is O=C1NCc2ccccc2N1C1CCN(CC(O)Cn2nc(-c3ccc(Br)cc3)c3c2CCNC3)CC1. The first kappa shape index (κ1) is 24.6. The Morgan fingerprint density at radius 3 is 2.65 bits per heavy atom. The zero-order valence-electron chi connectivity index (χ0n) is 20.9. The summed E-state index contributed by atoms with van der Waals surface area (Å²) in [6.45, 7) is 5.13. The van der Waals surface area contributed by atoms with Crippen LogP contribution in [0, 0.1) is 0 Å². The number of aliphatic hydroxyl groups is 1. The summed E-state index contributed by atoms with van der Waals surface area (Å²) in [7, 11) is 0. The van der Waals surface area contributed by atoms with Crippen molar-refractivity contribution in [3.05, 3.63) is 69.8 Å². The molecule has 3 aromatic rings. The van der Waals surface area contributed by atoms with Crippen LogP contribution in [-0.2, 0) is 26.1 Å². The standard InChI is InChI=1S/C28H33BrN6O2/c29-21-7-5-19(6-8-21)27-24-16-30-12-9-26(24)34(32-27)18-23(36)17-33-13-10-22(11-14-33)35-25-4-2-1-3-20(25)15-31-28(35)37/h1-8,22-23,30,36H,9-18H2,(H,31,37). The average molecular weight is 566 g/mol. The molecular weight excluding hydrogens is 532 g/mol. The van der Waals surface area contributed by atoms with Gasteiger partial charge in [0, 0.05) is 73.0 Å². The Morgan fingerprint density at radius 1 is 1.05 bits per heavy atom. The Kier molecular flexibility index (Phi) is 7.03. The van der Waals surface area contributed by atoms with Crippen molar-refractivity contribution in [1.29, 1.82) is 0 Å². The maximum atomic E-state index is 12.7. The van der Waals surface area contributed by atoms with E-state index < -0.39 is 6.10 Å². The third-order valence-electron chi connectivity index (χ3n) is 7.80. The highest BCUT2D eigenvalue weighted by molar-refractivity contribution is 9.10. The number of β-amino-alcohol motifs (C(OH)–C–C–N with tert-alkyl or cyclic N) is 1. The minimum atomic E-state index is -0.507.